The van der Waals surface area contributed by atoms with Gasteiger partial charge in [-0.1, -0.05) is 42.5 Å². The SMILES string of the molecule is O=C(O)CC[C@H](NC(=O)N[C@@H](CCCCNC(O)C1CCC(CNC(=O)C(Cc2ccc3ccccc3c2)NC(=O)CN2CCN(CC(=O)O)CCN(CC(=O)O)CCN(CC(=O)O)CC2)CC1)C(=O)O)C(=O)O. The molecule has 0 aromatic heterocycles. The van der Waals surface area contributed by atoms with Gasteiger partial charge in [0.25, 0.3) is 0 Å². The third-order valence-electron chi connectivity index (χ3n) is 13.3. The second-order valence-electron chi connectivity index (χ2n) is 19.0. The average molecular weight is 1040 g/mol. The summed E-state index contributed by atoms with van der Waals surface area (Å²) in [5.41, 5.74) is 0.811. The summed E-state index contributed by atoms with van der Waals surface area (Å²) >= 11 is 0. The van der Waals surface area contributed by atoms with Crippen molar-refractivity contribution in [2.45, 2.75) is 88.6 Å². The molecule has 25 nitrogen and oxygen atoms in total. The van der Waals surface area contributed by atoms with Gasteiger partial charge in [-0.2, -0.15) is 0 Å². The van der Waals surface area contributed by atoms with E-state index in [1.54, 1.807) is 19.6 Å². The lowest BCUT2D eigenvalue weighted by Gasteiger charge is -2.33. The molecule has 410 valence electrons. The number of fused-ring (bicyclic) bond motifs is 1. The van der Waals surface area contributed by atoms with Crippen LogP contribution in [0.1, 0.15) is 63.4 Å². The zero-order valence-corrected chi connectivity index (χ0v) is 41.6. The van der Waals surface area contributed by atoms with Crippen LogP contribution in [0.4, 0.5) is 4.79 Å². The lowest BCUT2D eigenvalue weighted by Crippen LogP contribution is -2.53. The number of benzene rings is 2. The maximum atomic E-state index is 14.1. The number of carbonyl (C=O) groups is 9. The van der Waals surface area contributed by atoms with Crippen molar-refractivity contribution in [3.8, 4) is 0 Å². The number of aliphatic hydroxyl groups is 1. The number of carboxylic acids is 6. The van der Waals surface area contributed by atoms with E-state index in [2.05, 4.69) is 26.6 Å². The summed E-state index contributed by atoms with van der Waals surface area (Å²) in [5.74, 6) is -8.12. The molecule has 74 heavy (non-hydrogen) atoms. The smallest absolute Gasteiger partial charge is 0.326 e. The van der Waals surface area contributed by atoms with Crippen molar-refractivity contribution in [3.63, 3.8) is 0 Å². The number of amides is 4. The Morgan fingerprint density at radius 1 is 0.554 bits per heavy atom. The number of carbonyl (C=O) groups excluding carboxylic acids is 3. The monoisotopic (exact) mass is 1040 g/mol. The van der Waals surface area contributed by atoms with E-state index >= 15 is 0 Å². The standard InChI is InChI=1S/C49H73N9O16/c59-40(28-55-17-19-56(29-42(62)63)21-23-58(31-44(66)67)24-22-57(20-18-55)30-43(64)65)52-39(26-33-10-11-34-5-1-2-6-36(34)25-33)46(69)51-27-32-8-12-35(13-9-32)45(68)50-16-4-3-7-37(47(70)71)53-49(74)54-38(48(72)73)14-15-41(60)61/h1-2,5-6,10-11,25,32,35,37-39,45,50,68H,3-4,7-9,12-24,26-31H2,(H,51,69)(H,52,59)(H,60,61)(H,62,63)(H,64,65)(H,66,67)(H,70,71)(H,72,73)(H2,53,54,74)/t32?,35?,37-,38-,39?,45?/m0/s1. The summed E-state index contributed by atoms with van der Waals surface area (Å²) in [6.45, 7) is 1.32. The molecule has 4 rings (SSSR count). The highest BCUT2D eigenvalue weighted by Gasteiger charge is 2.30. The van der Waals surface area contributed by atoms with Crippen LogP contribution in [-0.2, 0) is 44.8 Å². The van der Waals surface area contributed by atoms with Gasteiger partial charge in [0.2, 0.25) is 11.8 Å². The van der Waals surface area contributed by atoms with Crippen LogP contribution in [0.5, 0.6) is 0 Å². The fraction of sp³-hybridized carbons (Fsp3) is 0.612. The molecule has 4 atom stereocenters. The van der Waals surface area contributed by atoms with E-state index in [0.717, 1.165) is 16.3 Å². The van der Waals surface area contributed by atoms with Gasteiger partial charge in [-0.05, 0) is 86.1 Å². The highest BCUT2D eigenvalue weighted by molar-refractivity contribution is 5.89. The maximum Gasteiger partial charge on any atom is 0.326 e. The van der Waals surface area contributed by atoms with Crippen LogP contribution in [-0.4, -0.2) is 225 Å². The van der Waals surface area contributed by atoms with Crippen LogP contribution in [0.25, 0.3) is 10.8 Å². The molecule has 4 amide bonds. The first-order valence-electron chi connectivity index (χ1n) is 25.0. The summed E-state index contributed by atoms with van der Waals surface area (Å²) < 4.78 is 0. The molecule has 1 saturated carbocycles. The molecule has 2 aliphatic rings. The number of nitrogens with zero attached hydrogens (tertiary/aromatic N) is 4. The minimum Gasteiger partial charge on any atom is -0.481 e. The average Bonchev–Trinajstić information content (AvgIpc) is 3.33. The fourth-order valence-corrected chi connectivity index (χ4v) is 9.15. The Morgan fingerprint density at radius 3 is 1.55 bits per heavy atom. The minimum absolute atomic E-state index is 0.0125. The number of carboxylic acid groups (broad SMARTS) is 6. The second kappa shape index (κ2) is 31.3. The van der Waals surface area contributed by atoms with Crippen molar-refractivity contribution >= 4 is 64.4 Å². The molecule has 1 aliphatic heterocycles. The first-order valence-corrected chi connectivity index (χ1v) is 25.0. The second-order valence-corrected chi connectivity index (χ2v) is 19.0. The number of unbranched alkanes of at least 4 members (excludes halogenated alkanes) is 1. The zero-order valence-electron chi connectivity index (χ0n) is 41.6. The fourth-order valence-electron chi connectivity index (χ4n) is 9.15. The van der Waals surface area contributed by atoms with Gasteiger partial charge in [-0.3, -0.25) is 53.7 Å². The Bertz CT molecular complexity index is 2180. The van der Waals surface area contributed by atoms with Crippen molar-refractivity contribution in [3.05, 3.63) is 48.0 Å². The first kappa shape index (κ1) is 60.0. The molecular weight excluding hydrogens is 971 g/mol. The Kier molecular flexibility index (Phi) is 25.4. The predicted octanol–water partition coefficient (Wildman–Crippen LogP) is -0.586. The van der Waals surface area contributed by atoms with Crippen molar-refractivity contribution < 1.29 is 78.9 Å². The summed E-state index contributed by atoms with van der Waals surface area (Å²) in [5, 5.41) is 82.7. The topological polar surface area (TPSA) is 368 Å². The lowest BCUT2D eigenvalue weighted by molar-refractivity contribution is -0.141. The van der Waals surface area contributed by atoms with Gasteiger partial charge in [0.15, 0.2) is 0 Å². The molecular formula is C49H73N9O16. The van der Waals surface area contributed by atoms with Crippen LogP contribution in [0.15, 0.2) is 42.5 Å². The molecule has 25 heteroatoms. The van der Waals surface area contributed by atoms with Crippen molar-refractivity contribution in [1.82, 2.24) is 46.2 Å². The number of rotatable bonds is 28. The van der Waals surface area contributed by atoms with Crippen molar-refractivity contribution in [1.29, 1.82) is 0 Å². The highest BCUT2D eigenvalue weighted by atomic mass is 16.4. The van der Waals surface area contributed by atoms with E-state index in [-0.39, 0.29) is 110 Å². The Hall–Kier alpha value is -6.51. The largest absolute Gasteiger partial charge is 0.481 e. The van der Waals surface area contributed by atoms with E-state index in [1.165, 1.54) is 0 Å². The number of nitrogens with one attached hydrogen (secondary N) is 5. The third-order valence-corrected chi connectivity index (χ3v) is 13.3. The Balaban J connectivity index is 1.31. The van der Waals surface area contributed by atoms with E-state index < -0.39 is 84.4 Å². The van der Waals surface area contributed by atoms with E-state index in [0.29, 0.717) is 51.6 Å². The quantitative estimate of drug-likeness (QED) is 0.0374. The van der Waals surface area contributed by atoms with Gasteiger partial charge >= 0.3 is 41.8 Å². The van der Waals surface area contributed by atoms with Gasteiger partial charge in [0.05, 0.1) is 26.2 Å². The predicted molar refractivity (Wildman–Crippen MR) is 266 cm³/mol. The van der Waals surface area contributed by atoms with Crippen LogP contribution in [0, 0.1) is 11.8 Å². The minimum atomic E-state index is -1.52. The van der Waals surface area contributed by atoms with Gasteiger partial charge < -0.3 is 57.0 Å². The van der Waals surface area contributed by atoms with Crippen LogP contribution in [0.2, 0.25) is 0 Å². The van der Waals surface area contributed by atoms with Crippen LogP contribution in [0.3, 0.4) is 0 Å². The van der Waals surface area contributed by atoms with Gasteiger partial charge in [0, 0.05) is 71.7 Å². The van der Waals surface area contributed by atoms with E-state index in [4.69, 9.17) is 5.11 Å². The van der Waals surface area contributed by atoms with Crippen molar-refractivity contribution in [2.24, 2.45) is 11.8 Å². The number of aliphatic hydroxyl groups excluding tert-OH is 1. The normalized spacial score (nSPS) is 19.3. The van der Waals surface area contributed by atoms with Crippen LogP contribution >= 0.6 is 0 Å². The molecule has 0 spiro atoms. The summed E-state index contributed by atoms with van der Waals surface area (Å²) in [7, 11) is 0. The van der Waals surface area contributed by atoms with Crippen LogP contribution < -0.4 is 26.6 Å². The first-order chi connectivity index (χ1) is 35.2. The number of hydrogen-bond donors (Lipinski definition) is 12. The summed E-state index contributed by atoms with van der Waals surface area (Å²) in [6.07, 6.45) is 1.92. The Labute approximate surface area is 428 Å². The molecule has 0 radical (unpaired) electrons. The maximum absolute atomic E-state index is 14.1. The molecule has 2 unspecified atom stereocenters. The molecule has 1 aliphatic carbocycles. The molecule has 12 N–H and O–H groups in total. The van der Waals surface area contributed by atoms with E-state index in [1.807, 2.05) is 42.5 Å². The molecule has 1 saturated heterocycles. The van der Waals surface area contributed by atoms with Gasteiger partial charge in [0.1, 0.15) is 24.4 Å². The number of urea groups is 1. The van der Waals surface area contributed by atoms with Gasteiger partial charge in [-0.25, -0.2) is 14.4 Å². The molecule has 2 aromatic carbocycles. The van der Waals surface area contributed by atoms with Crippen molar-refractivity contribution in [2.75, 3.05) is 91.6 Å². The lowest BCUT2D eigenvalue weighted by atomic mass is 9.81. The molecule has 2 fully saturated rings. The third kappa shape index (κ3) is 22.7. The number of aliphatic carboxylic acids is 6. The Morgan fingerprint density at radius 2 is 1.05 bits per heavy atom. The number of hydrogen-bond acceptors (Lipinski definition) is 15. The zero-order chi connectivity index (χ0) is 54.2. The molecule has 1 heterocycles. The molecule has 0 bridgehead atoms. The van der Waals surface area contributed by atoms with Gasteiger partial charge in [-0.15, -0.1) is 0 Å². The van der Waals surface area contributed by atoms with E-state index in [9.17, 15) is 73.8 Å². The molecule has 2 aromatic rings. The summed E-state index contributed by atoms with van der Waals surface area (Å²) in [4.78, 5) is 116. The highest BCUT2D eigenvalue weighted by Crippen LogP contribution is 2.30. The summed E-state index contributed by atoms with van der Waals surface area (Å²) in [6, 6.07) is 8.67.